The summed E-state index contributed by atoms with van der Waals surface area (Å²) in [5, 5.41) is 0. The number of nitrogens with zero attached hydrogens (tertiary/aromatic N) is 4. The Kier molecular flexibility index (Phi) is 8.37. The molecule has 0 N–H and O–H groups in total. The van der Waals surface area contributed by atoms with Crippen molar-refractivity contribution in [3.63, 3.8) is 0 Å². The quantitative estimate of drug-likeness (QED) is 0.700. The standard InChI is InChI=1S/C6H8N2.C5H6N2.C2H6/c1-5-3-8-6(2)4-7-5;1-5-4-6-2-3-7-5;1-2/h3-4H,1-2H3;2-4H,1H3;1-2H3. The molecule has 0 aliphatic heterocycles. The maximum Gasteiger partial charge on any atom is 0.0555 e. The molecule has 0 unspecified atom stereocenters. The molecule has 92 valence electrons. The summed E-state index contributed by atoms with van der Waals surface area (Å²) in [5.74, 6) is 0. The van der Waals surface area contributed by atoms with E-state index in [1.165, 1.54) is 0 Å². The van der Waals surface area contributed by atoms with Crippen LogP contribution in [-0.2, 0) is 0 Å². The first kappa shape index (κ1) is 15.2. The van der Waals surface area contributed by atoms with E-state index in [4.69, 9.17) is 0 Å². The van der Waals surface area contributed by atoms with E-state index >= 15 is 0 Å². The zero-order valence-corrected chi connectivity index (χ0v) is 11.2. The van der Waals surface area contributed by atoms with Crippen LogP contribution in [0.3, 0.4) is 0 Å². The highest BCUT2D eigenvalue weighted by Gasteiger charge is 1.82. The Hall–Kier alpha value is -1.84. The molecule has 0 radical (unpaired) electrons. The molecule has 2 aromatic rings. The van der Waals surface area contributed by atoms with Crippen LogP contribution < -0.4 is 0 Å². The zero-order valence-electron chi connectivity index (χ0n) is 11.2. The summed E-state index contributed by atoms with van der Waals surface area (Å²) < 4.78 is 0. The van der Waals surface area contributed by atoms with Crippen molar-refractivity contribution in [2.45, 2.75) is 34.6 Å². The Bertz CT molecular complexity index is 363. The summed E-state index contributed by atoms with van der Waals surface area (Å²) in [4.78, 5) is 15.8. The van der Waals surface area contributed by atoms with Gasteiger partial charge in [0.2, 0.25) is 0 Å². The van der Waals surface area contributed by atoms with Gasteiger partial charge in [0.25, 0.3) is 0 Å². The normalized spacial score (nSPS) is 8.29. The van der Waals surface area contributed by atoms with Crippen LogP contribution in [0.15, 0.2) is 31.0 Å². The van der Waals surface area contributed by atoms with Crippen molar-refractivity contribution in [2.75, 3.05) is 0 Å². The Labute approximate surface area is 103 Å². The summed E-state index contributed by atoms with van der Waals surface area (Å²) >= 11 is 0. The average Bonchev–Trinajstić information content (AvgIpc) is 2.37. The summed E-state index contributed by atoms with van der Waals surface area (Å²) in [5.41, 5.74) is 2.90. The fourth-order valence-electron chi connectivity index (χ4n) is 0.831. The molecular formula is C13H20N4. The van der Waals surface area contributed by atoms with Gasteiger partial charge in [0.05, 0.1) is 17.1 Å². The third-order valence-corrected chi connectivity index (χ3v) is 1.60. The van der Waals surface area contributed by atoms with Crippen molar-refractivity contribution in [3.05, 3.63) is 48.1 Å². The second-order valence-corrected chi connectivity index (χ2v) is 3.15. The van der Waals surface area contributed by atoms with E-state index in [0.29, 0.717) is 0 Å². The van der Waals surface area contributed by atoms with Crippen molar-refractivity contribution < 1.29 is 0 Å². The minimum Gasteiger partial charge on any atom is -0.261 e. The molecule has 0 amide bonds. The first-order chi connectivity index (χ1) is 8.18. The summed E-state index contributed by atoms with van der Waals surface area (Å²) in [6.45, 7) is 9.76. The lowest BCUT2D eigenvalue weighted by Crippen LogP contribution is -1.84. The number of rotatable bonds is 0. The molecule has 0 fully saturated rings. The van der Waals surface area contributed by atoms with Crippen LogP contribution in [0.25, 0.3) is 0 Å². The van der Waals surface area contributed by atoms with Gasteiger partial charge in [-0.1, -0.05) is 13.8 Å². The summed E-state index contributed by atoms with van der Waals surface area (Å²) in [6, 6.07) is 0. The molecule has 2 aromatic heterocycles. The number of aryl methyl sites for hydroxylation is 3. The van der Waals surface area contributed by atoms with Gasteiger partial charge in [-0.2, -0.15) is 0 Å². The molecule has 2 heterocycles. The van der Waals surface area contributed by atoms with E-state index in [1.807, 2.05) is 34.6 Å². The molecule has 2 rings (SSSR count). The largest absolute Gasteiger partial charge is 0.261 e. The fraction of sp³-hybridized carbons (Fsp3) is 0.385. The summed E-state index contributed by atoms with van der Waals surface area (Å²) in [7, 11) is 0. The minimum absolute atomic E-state index is 0.961. The van der Waals surface area contributed by atoms with Crippen molar-refractivity contribution in [1.29, 1.82) is 0 Å². The number of aromatic nitrogens is 4. The second-order valence-electron chi connectivity index (χ2n) is 3.15. The second kappa shape index (κ2) is 9.39. The number of hydrogen-bond donors (Lipinski definition) is 0. The highest BCUT2D eigenvalue weighted by Crippen LogP contribution is 1.88. The highest BCUT2D eigenvalue weighted by molar-refractivity contribution is 4.97. The molecular weight excluding hydrogens is 212 g/mol. The average molecular weight is 232 g/mol. The molecule has 0 spiro atoms. The predicted molar refractivity (Wildman–Crippen MR) is 69.6 cm³/mol. The lowest BCUT2D eigenvalue weighted by atomic mass is 10.5. The van der Waals surface area contributed by atoms with Crippen LogP contribution in [0.2, 0.25) is 0 Å². The van der Waals surface area contributed by atoms with E-state index < -0.39 is 0 Å². The SMILES string of the molecule is CC.Cc1cnc(C)cn1.Cc1cnccn1. The van der Waals surface area contributed by atoms with Crippen molar-refractivity contribution >= 4 is 0 Å². The van der Waals surface area contributed by atoms with Crippen molar-refractivity contribution in [1.82, 2.24) is 19.9 Å². The van der Waals surface area contributed by atoms with Gasteiger partial charge >= 0.3 is 0 Å². The van der Waals surface area contributed by atoms with Gasteiger partial charge in [-0.15, -0.1) is 0 Å². The third-order valence-electron chi connectivity index (χ3n) is 1.60. The lowest BCUT2D eigenvalue weighted by Gasteiger charge is -1.88. The topological polar surface area (TPSA) is 51.6 Å². The highest BCUT2D eigenvalue weighted by atomic mass is 14.8. The Balaban J connectivity index is 0.000000265. The predicted octanol–water partition coefficient (Wildman–Crippen LogP) is 2.90. The van der Waals surface area contributed by atoms with Crippen LogP contribution in [0, 0.1) is 20.8 Å². The van der Waals surface area contributed by atoms with Gasteiger partial charge < -0.3 is 0 Å². The molecule has 0 aliphatic rings. The molecule has 4 heteroatoms. The van der Waals surface area contributed by atoms with E-state index in [1.54, 1.807) is 31.0 Å². The minimum atomic E-state index is 0.961. The van der Waals surface area contributed by atoms with E-state index in [0.717, 1.165) is 17.1 Å². The fourth-order valence-corrected chi connectivity index (χ4v) is 0.831. The summed E-state index contributed by atoms with van der Waals surface area (Å²) in [6.07, 6.45) is 8.58. The van der Waals surface area contributed by atoms with E-state index in [9.17, 15) is 0 Å². The molecule has 4 nitrogen and oxygen atoms in total. The Morgan fingerprint density at radius 3 is 1.35 bits per heavy atom. The van der Waals surface area contributed by atoms with Crippen LogP contribution >= 0.6 is 0 Å². The molecule has 0 aromatic carbocycles. The maximum atomic E-state index is 4.02. The van der Waals surface area contributed by atoms with Gasteiger partial charge in [0.15, 0.2) is 0 Å². The lowest BCUT2D eigenvalue weighted by molar-refractivity contribution is 1.06. The maximum absolute atomic E-state index is 4.02. The Morgan fingerprint density at radius 2 is 1.12 bits per heavy atom. The monoisotopic (exact) mass is 232 g/mol. The van der Waals surface area contributed by atoms with Gasteiger partial charge in [0.1, 0.15) is 0 Å². The first-order valence-electron chi connectivity index (χ1n) is 5.66. The van der Waals surface area contributed by atoms with Crippen molar-refractivity contribution in [2.24, 2.45) is 0 Å². The van der Waals surface area contributed by atoms with Crippen LogP contribution in [0.1, 0.15) is 30.9 Å². The van der Waals surface area contributed by atoms with Crippen LogP contribution in [0.5, 0.6) is 0 Å². The molecule has 0 aliphatic carbocycles. The van der Waals surface area contributed by atoms with Gasteiger partial charge in [-0.3, -0.25) is 19.9 Å². The zero-order chi connectivity index (χ0) is 13.1. The van der Waals surface area contributed by atoms with E-state index in [2.05, 4.69) is 19.9 Å². The van der Waals surface area contributed by atoms with E-state index in [-0.39, 0.29) is 0 Å². The molecule has 0 saturated carbocycles. The molecule has 0 saturated heterocycles. The van der Waals surface area contributed by atoms with Crippen molar-refractivity contribution in [3.8, 4) is 0 Å². The number of hydrogen-bond acceptors (Lipinski definition) is 4. The van der Waals surface area contributed by atoms with Crippen LogP contribution in [0.4, 0.5) is 0 Å². The Morgan fingerprint density at radius 1 is 0.647 bits per heavy atom. The molecule has 17 heavy (non-hydrogen) atoms. The molecule has 0 bridgehead atoms. The smallest absolute Gasteiger partial charge is 0.0555 e. The van der Waals surface area contributed by atoms with Gasteiger partial charge in [0, 0.05) is 31.0 Å². The molecule has 0 atom stereocenters. The third kappa shape index (κ3) is 8.02. The van der Waals surface area contributed by atoms with Gasteiger partial charge in [-0.05, 0) is 20.8 Å². The van der Waals surface area contributed by atoms with Gasteiger partial charge in [-0.25, -0.2) is 0 Å². The van der Waals surface area contributed by atoms with Crippen LogP contribution in [-0.4, -0.2) is 19.9 Å². The first-order valence-corrected chi connectivity index (χ1v) is 5.66.